The van der Waals surface area contributed by atoms with Gasteiger partial charge in [-0.15, -0.1) is 5.92 Å². The van der Waals surface area contributed by atoms with E-state index in [1.165, 1.54) is 0 Å². The Bertz CT molecular complexity index is 191. The first-order valence-electron chi connectivity index (χ1n) is 4.64. The van der Waals surface area contributed by atoms with Gasteiger partial charge in [0.2, 0.25) is 5.91 Å². The lowest BCUT2D eigenvalue weighted by Gasteiger charge is -1.96. The van der Waals surface area contributed by atoms with Crippen LogP contribution >= 0.6 is 0 Å². The average Bonchev–Trinajstić information content (AvgIpc) is 2.11. The maximum absolute atomic E-state index is 10.9. The molecule has 3 heteroatoms. The van der Waals surface area contributed by atoms with Crippen LogP contribution in [0.25, 0.3) is 0 Å². The molecule has 0 aromatic rings. The highest BCUT2D eigenvalue weighted by Crippen LogP contribution is 1.84. The van der Waals surface area contributed by atoms with Crippen molar-refractivity contribution in [1.29, 1.82) is 0 Å². The Hall–Kier alpha value is -1.01. The Labute approximate surface area is 79.5 Å². The highest BCUT2D eigenvalue weighted by atomic mass is 16.2. The van der Waals surface area contributed by atoms with Crippen molar-refractivity contribution in [2.75, 3.05) is 13.2 Å². The third-order valence-electron chi connectivity index (χ3n) is 1.44. The first kappa shape index (κ1) is 12.0. The molecule has 3 nitrogen and oxygen atoms in total. The zero-order valence-corrected chi connectivity index (χ0v) is 8.10. The molecule has 0 unspecified atom stereocenters. The molecule has 0 aliphatic rings. The predicted octanol–water partition coefficient (Wildman–Crippen LogP) is 0.679. The summed E-state index contributed by atoms with van der Waals surface area (Å²) < 4.78 is 0. The first-order chi connectivity index (χ1) is 6.31. The Morgan fingerprint density at radius 2 is 2.23 bits per heavy atom. The maximum atomic E-state index is 10.9. The summed E-state index contributed by atoms with van der Waals surface area (Å²) in [5, 5.41) is 11.1. The fraction of sp³-hybridized carbons (Fsp3) is 0.700. The van der Waals surface area contributed by atoms with Gasteiger partial charge in [0.25, 0.3) is 0 Å². The lowest BCUT2D eigenvalue weighted by Crippen LogP contribution is -2.22. The van der Waals surface area contributed by atoms with Crippen LogP contribution in [0.1, 0.15) is 32.6 Å². The van der Waals surface area contributed by atoms with Gasteiger partial charge in [-0.25, -0.2) is 0 Å². The van der Waals surface area contributed by atoms with E-state index >= 15 is 0 Å². The van der Waals surface area contributed by atoms with Crippen LogP contribution in [0, 0.1) is 11.8 Å². The van der Waals surface area contributed by atoms with Gasteiger partial charge in [-0.3, -0.25) is 4.79 Å². The van der Waals surface area contributed by atoms with Crippen LogP contribution in [-0.4, -0.2) is 24.2 Å². The van der Waals surface area contributed by atoms with E-state index in [0.29, 0.717) is 25.8 Å². The number of carbonyl (C=O) groups excluding carboxylic acids is 1. The molecule has 0 atom stereocenters. The fourth-order valence-electron chi connectivity index (χ4n) is 0.777. The summed E-state index contributed by atoms with van der Waals surface area (Å²) in [7, 11) is 0. The molecule has 1 amide bonds. The van der Waals surface area contributed by atoms with Crippen molar-refractivity contribution in [1.82, 2.24) is 5.32 Å². The Morgan fingerprint density at radius 3 is 2.85 bits per heavy atom. The molecular formula is C10H17NO2. The lowest BCUT2D eigenvalue weighted by molar-refractivity contribution is -0.120. The number of hydrogen-bond donors (Lipinski definition) is 2. The number of carbonyl (C=O) groups is 1. The molecule has 0 aromatic heterocycles. The Morgan fingerprint density at radius 1 is 1.46 bits per heavy atom. The smallest absolute Gasteiger partial charge is 0.220 e. The summed E-state index contributed by atoms with van der Waals surface area (Å²) in [6.45, 7) is 2.56. The number of hydrogen-bond acceptors (Lipinski definition) is 2. The quantitative estimate of drug-likeness (QED) is 0.486. The minimum absolute atomic E-state index is 0.0546. The normalized spacial score (nSPS) is 8.77. The van der Waals surface area contributed by atoms with Crippen molar-refractivity contribution in [2.45, 2.75) is 32.6 Å². The topological polar surface area (TPSA) is 49.3 Å². The van der Waals surface area contributed by atoms with E-state index in [-0.39, 0.29) is 12.5 Å². The second-order valence-electron chi connectivity index (χ2n) is 2.71. The molecule has 0 fully saturated rings. The van der Waals surface area contributed by atoms with E-state index in [1.807, 2.05) is 6.92 Å². The van der Waals surface area contributed by atoms with Crippen LogP contribution in [-0.2, 0) is 4.79 Å². The Kier molecular flexibility index (Phi) is 8.38. The Balaban J connectivity index is 3.30. The maximum Gasteiger partial charge on any atom is 0.220 e. The highest BCUT2D eigenvalue weighted by molar-refractivity contribution is 5.76. The molecule has 0 aromatic carbocycles. The molecule has 0 bridgehead atoms. The van der Waals surface area contributed by atoms with Crippen LogP contribution < -0.4 is 5.32 Å². The second-order valence-corrected chi connectivity index (χ2v) is 2.71. The molecule has 0 saturated carbocycles. The number of aliphatic hydroxyl groups is 1. The van der Waals surface area contributed by atoms with Gasteiger partial charge in [-0.1, -0.05) is 12.8 Å². The van der Waals surface area contributed by atoms with E-state index in [2.05, 4.69) is 17.2 Å². The minimum atomic E-state index is 0.0546. The van der Waals surface area contributed by atoms with Crippen LogP contribution in [0.3, 0.4) is 0 Å². The standard InChI is InChI=1S/C10H17NO2/c1-2-7-10(13)11-8-5-3-4-6-9-12/h12H,2,4,6-9H2,1H3,(H,11,13). The molecule has 0 aliphatic carbocycles. The summed E-state index contributed by atoms with van der Waals surface area (Å²) in [5.41, 5.74) is 0. The van der Waals surface area contributed by atoms with Gasteiger partial charge in [0.15, 0.2) is 0 Å². The third-order valence-corrected chi connectivity index (χ3v) is 1.44. The van der Waals surface area contributed by atoms with E-state index in [9.17, 15) is 4.79 Å². The van der Waals surface area contributed by atoms with Crippen molar-refractivity contribution in [3.8, 4) is 11.8 Å². The third kappa shape index (κ3) is 8.90. The summed E-state index contributed by atoms with van der Waals surface area (Å²) in [4.78, 5) is 10.9. The molecular weight excluding hydrogens is 166 g/mol. The van der Waals surface area contributed by atoms with Crippen LogP contribution in [0.2, 0.25) is 0 Å². The van der Waals surface area contributed by atoms with Gasteiger partial charge in [-0.2, -0.15) is 0 Å². The van der Waals surface area contributed by atoms with E-state index < -0.39 is 0 Å². The average molecular weight is 183 g/mol. The molecule has 74 valence electrons. The number of amides is 1. The zero-order chi connectivity index (χ0) is 9.94. The molecule has 0 rings (SSSR count). The zero-order valence-electron chi connectivity index (χ0n) is 8.10. The van der Waals surface area contributed by atoms with Gasteiger partial charge >= 0.3 is 0 Å². The van der Waals surface area contributed by atoms with Crippen LogP contribution in [0.4, 0.5) is 0 Å². The molecule has 0 aliphatic heterocycles. The molecule has 0 spiro atoms. The van der Waals surface area contributed by atoms with Crippen molar-refractivity contribution >= 4 is 5.91 Å². The summed E-state index contributed by atoms with van der Waals surface area (Å²) in [6, 6.07) is 0. The largest absolute Gasteiger partial charge is 0.396 e. The second kappa shape index (κ2) is 9.08. The molecule has 2 N–H and O–H groups in total. The van der Waals surface area contributed by atoms with Crippen molar-refractivity contribution in [3.05, 3.63) is 0 Å². The highest BCUT2D eigenvalue weighted by Gasteiger charge is 1.94. The fourth-order valence-corrected chi connectivity index (χ4v) is 0.777. The summed E-state index contributed by atoms with van der Waals surface area (Å²) in [5.74, 6) is 5.73. The number of unbranched alkanes of at least 4 members (excludes halogenated alkanes) is 1. The van der Waals surface area contributed by atoms with Gasteiger partial charge in [0.1, 0.15) is 0 Å². The number of aliphatic hydroxyl groups excluding tert-OH is 1. The van der Waals surface area contributed by atoms with Gasteiger partial charge < -0.3 is 10.4 Å². The van der Waals surface area contributed by atoms with Gasteiger partial charge in [0.05, 0.1) is 6.54 Å². The van der Waals surface area contributed by atoms with Crippen molar-refractivity contribution in [2.24, 2.45) is 0 Å². The summed E-state index contributed by atoms with van der Waals surface area (Å²) in [6.07, 6.45) is 2.83. The van der Waals surface area contributed by atoms with Crippen LogP contribution in [0.5, 0.6) is 0 Å². The molecule has 13 heavy (non-hydrogen) atoms. The van der Waals surface area contributed by atoms with E-state index in [4.69, 9.17) is 5.11 Å². The minimum Gasteiger partial charge on any atom is -0.396 e. The number of rotatable bonds is 5. The summed E-state index contributed by atoms with van der Waals surface area (Å²) >= 11 is 0. The molecule has 0 heterocycles. The van der Waals surface area contributed by atoms with Crippen LogP contribution in [0.15, 0.2) is 0 Å². The van der Waals surface area contributed by atoms with Gasteiger partial charge in [-0.05, 0) is 12.8 Å². The predicted molar refractivity (Wildman–Crippen MR) is 52.0 cm³/mol. The van der Waals surface area contributed by atoms with Crippen molar-refractivity contribution < 1.29 is 9.90 Å². The lowest BCUT2D eigenvalue weighted by atomic mass is 10.3. The van der Waals surface area contributed by atoms with Crippen molar-refractivity contribution in [3.63, 3.8) is 0 Å². The molecule has 0 radical (unpaired) electrons. The monoisotopic (exact) mass is 183 g/mol. The first-order valence-corrected chi connectivity index (χ1v) is 4.64. The SMILES string of the molecule is CCCC(=O)NCC#CCCCO. The number of nitrogens with one attached hydrogen (secondary N) is 1. The van der Waals surface area contributed by atoms with E-state index in [1.54, 1.807) is 0 Å². The molecule has 0 saturated heterocycles. The van der Waals surface area contributed by atoms with Gasteiger partial charge in [0, 0.05) is 19.4 Å². The van der Waals surface area contributed by atoms with E-state index in [0.717, 1.165) is 6.42 Å².